The van der Waals surface area contributed by atoms with Gasteiger partial charge in [0, 0.05) is 4.47 Å². The Morgan fingerprint density at radius 2 is 1.62 bits per heavy atom. The van der Waals surface area contributed by atoms with E-state index in [1.807, 2.05) is 68.4 Å². The standard InChI is InChI=1S/C31H31BrN2O5S/c1-5-21-11-13-24(14-12-21)34-30(36)26(33(31(34)40)18-29(35)37-4)15-23-16-27(38-6-2)28(17-25(23)32)39-19-22-9-7-20(3)8-10-22/h7-17H,5-6,18-19H2,1-4H3/b26-15-. The van der Waals surface area contributed by atoms with Crippen LogP contribution in [0.25, 0.3) is 6.08 Å². The Kier molecular flexibility index (Phi) is 9.60. The Bertz CT molecular complexity index is 1440. The van der Waals surface area contributed by atoms with Crippen molar-refractivity contribution in [3.63, 3.8) is 0 Å². The first-order chi connectivity index (χ1) is 19.2. The summed E-state index contributed by atoms with van der Waals surface area (Å²) in [4.78, 5) is 28.9. The van der Waals surface area contributed by atoms with Crippen LogP contribution in [-0.2, 0) is 27.4 Å². The van der Waals surface area contributed by atoms with Gasteiger partial charge >= 0.3 is 5.97 Å². The van der Waals surface area contributed by atoms with Gasteiger partial charge in [-0.15, -0.1) is 0 Å². The molecule has 1 aliphatic rings. The van der Waals surface area contributed by atoms with Crippen LogP contribution < -0.4 is 14.4 Å². The first-order valence-corrected chi connectivity index (χ1v) is 14.1. The number of carbonyl (C=O) groups is 2. The van der Waals surface area contributed by atoms with E-state index in [4.69, 9.17) is 26.4 Å². The maximum Gasteiger partial charge on any atom is 0.325 e. The van der Waals surface area contributed by atoms with E-state index < -0.39 is 5.97 Å². The normalized spacial score (nSPS) is 14.2. The van der Waals surface area contributed by atoms with Crippen LogP contribution >= 0.6 is 28.1 Å². The van der Waals surface area contributed by atoms with Gasteiger partial charge in [0.05, 0.1) is 19.4 Å². The van der Waals surface area contributed by atoms with E-state index in [0.717, 1.165) is 17.5 Å². The molecule has 3 aromatic carbocycles. The van der Waals surface area contributed by atoms with Crippen LogP contribution in [0, 0.1) is 6.92 Å². The van der Waals surface area contributed by atoms with Crippen LogP contribution in [0.1, 0.15) is 36.1 Å². The first kappa shape index (κ1) is 29.3. The molecule has 1 heterocycles. The molecule has 0 bridgehead atoms. The van der Waals surface area contributed by atoms with Crippen molar-refractivity contribution in [2.45, 2.75) is 33.8 Å². The number of hydrogen-bond donors (Lipinski definition) is 0. The Labute approximate surface area is 248 Å². The van der Waals surface area contributed by atoms with Crippen molar-refractivity contribution in [1.82, 2.24) is 4.90 Å². The summed E-state index contributed by atoms with van der Waals surface area (Å²) in [5.74, 6) is 0.235. The lowest BCUT2D eigenvalue weighted by atomic mass is 10.1. The van der Waals surface area contributed by atoms with E-state index in [-0.39, 0.29) is 23.3 Å². The van der Waals surface area contributed by atoms with Crippen molar-refractivity contribution in [3.8, 4) is 11.5 Å². The lowest BCUT2D eigenvalue weighted by Crippen LogP contribution is -2.35. The number of rotatable bonds is 10. The van der Waals surface area contributed by atoms with Crippen molar-refractivity contribution < 1.29 is 23.8 Å². The van der Waals surface area contributed by atoms with E-state index in [1.165, 1.54) is 22.5 Å². The molecule has 0 aliphatic carbocycles. The van der Waals surface area contributed by atoms with Crippen molar-refractivity contribution in [3.05, 3.63) is 93.1 Å². The van der Waals surface area contributed by atoms with E-state index >= 15 is 0 Å². The number of carbonyl (C=O) groups excluding carboxylic acids is 2. The van der Waals surface area contributed by atoms with Crippen LogP contribution in [-0.4, -0.2) is 42.2 Å². The number of esters is 1. The molecular weight excluding hydrogens is 592 g/mol. The molecule has 1 saturated heterocycles. The topological polar surface area (TPSA) is 68.3 Å². The predicted molar refractivity (Wildman–Crippen MR) is 163 cm³/mol. The molecule has 7 nitrogen and oxygen atoms in total. The molecule has 4 rings (SSSR count). The molecule has 0 atom stereocenters. The number of thiocarbonyl (C=S) groups is 1. The van der Waals surface area contributed by atoms with Crippen molar-refractivity contribution in [2.75, 3.05) is 25.2 Å². The molecule has 208 valence electrons. The monoisotopic (exact) mass is 622 g/mol. The van der Waals surface area contributed by atoms with Crippen molar-refractivity contribution in [2.24, 2.45) is 0 Å². The molecule has 3 aromatic rings. The second-order valence-corrected chi connectivity index (χ2v) is 10.4. The molecule has 9 heteroatoms. The van der Waals surface area contributed by atoms with Crippen LogP contribution in [0.15, 0.2) is 70.8 Å². The fourth-order valence-corrected chi connectivity index (χ4v) is 4.96. The van der Waals surface area contributed by atoms with E-state index in [9.17, 15) is 9.59 Å². The number of aryl methyl sites for hydroxylation is 2. The summed E-state index contributed by atoms with van der Waals surface area (Å²) in [6.07, 6.45) is 2.56. The number of anilines is 1. The highest BCUT2D eigenvalue weighted by Gasteiger charge is 2.40. The number of benzene rings is 3. The van der Waals surface area contributed by atoms with Crippen LogP contribution in [0.2, 0.25) is 0 Å². The average Bonchev–Trinajstić information content (AvgIpc) is 3.18. The minimum absolute atomic E-state index is 0.199. The molecule has 1 aliphatic heterocycles. The Hall–Kier alpha value is -3.69. The van der Waals surface area contributed by atoms with Gasteiger partial charge in [-0.3, -0.25) is 14.5 Å². The largest absolute Gasteiger partial charge is 0.490 e. The summed E-state index contributed by atoms with van der Waals surface area (Å²) in [7, 11) is 1.30. The zero-order valence-electron chi connectivity index (χ0n) is 22.9. The molecular formula is C31H31BrN2O5S. The van der Waals surface area contributed by atoms with Gasteiger partial charge in [0.15, 0.2) is 16.6 Å². The maximum atomic E-state index is 13.7. The zero-order chi connectivity index (χ0) is 28.8. The third-order valence-electron chi connectivity index (χ3n) is 6.42. The molecule has 0 unspecified atom stereocenters. The Morgan fingerprint density at radius 3 is 2.25 bits per heavy atom. The van der Waals surface area contributed by atoms with Gasteiger partial charge in [-0.2, -0.15) is 0 Å². The zero-order valence-corrected chi connectivity index (χ0v) is 25.3. The lowest BCUT2D eigenvalue weighted by Gasteiger charge is -2.19. The molecule has 40 heavy (non-hydrogen) atoms. The fourth-order valence-electron chi connectivity index (χ4n) is 4.17. The van der Waals surface area contributed by atoms with E-state index in [0.29, 0.717) is 40.4 Å². The third kappa shape index (κ3) is 6.54. The van der Waals surface area contributed by atoms with Crippen molar-refractivity contribution >= 4 is 56.9 Å². The number of nitrogens with zero attached hydrogens (tertiary/aromatic N) is 2. The minimum atomic E-state index is -0.516. The maximum absolute atomic E-state index is 13.7. The predicted octanol–water partition coefficient (Wildman–Crippen LogP) is 6.45. The highest BCUT2D eigenvalue weighted by molar-refractivity contribution is 9.10. The Morgan fingerprint density at radius 1 is 0.975 bits per heavy atom. The molecule has 0 saturated carbocycles. The average molecular weight is 624 g/mol. The second kappa shape index (κ2) is 13.1. The smallest absolute Gasteiger partial charge is 0.325 e. The van der Waals surface area contributed by atoms with Crippen LogP contribution in [0.3, 0.4) is 0 Å². The highest BCUT2D eigenvalue weighted by atomic mass is 79.9. The van der Waals surface area contributed by atoms with Gasteiger partial charge in [-0.1, -0.05) is 64.8 Å². The number of ether oxygens (including phenoxy) is 3. The summed E-state index contributed by atoms with van der Waals surface area (Å²) >= 11 is 9.30. The summed E-state index contributed by atoms with van der Waals surface area (Å²) in [5, 5.41) is 0.199. The third-order valence-corrected chi connectivity index (χ3v) is 7.51. The van der Waals surface area contributed by atoms with Gasteiger partial charge in [-0.25, -0.2) is 0 Å². The molecule has 0 N–H and O–H groups in total. The van der Waals surface area contributed by atoms with Gasteiger partial charge in [0.2, 0.25) is 0 Å². The number of halogens is 1. The quantitative estimate of drug-likeness (QED) is 0.146. The number of hydrogen-bond acceptors (Lipinski definition) is 6. The molecule has 0 radical (unpaired) electrons. The van der Waals surface area contributed by atoms with Crippen LogP contribution in [0.4, 0.5) is 5.69 Å². The molecule has 1 amide bonds. The van der Waals surface area contributed by atoms with Gasteiger partial charge < -0.3 is 19.1 Å². The first-order valence-electron chi connectivity index (χ1n) is 12.9. The summed E-state index contributed by atoms with van der Waals surface area (Å²) in [5.41, 5.74) is 4.88. The minimum Gasteiger partial charge on any atom is -0.490 e. The summed E-state index contributed by atoms with van der Waals surface area (Å²) in [6.45, 7) is 6.59. The number of methoxy groups -OCH3 is 1. The Balaban J connectivity index is 1.70. The summed E-state index contributed by atoms with van der Waals surface area (Å²) < 4.78 is 17.6. The van der Waals surface area contributed by atoms with Crippen molar-refractivity contribution in [1.29, 1.82) is 0 Å². The SMILES string of the molecule is CCOc1cc(/C=C2/C(=O)N(c3ccc(CC)cc3)C(=S)N2CC(=O)OC)c(Br)cc1OCc1ccc(C)cc1. The van der Waals surface area contributed by atoms with E-state index in [2.05, 4.69) is 22.9 Å². The highest BCUT2D eigenvalue weighted by Crippen LogP contribution is 2.37. The van der Waals surface area contributed by atoms with Gasteiger partial charge in [0.1, 0.15) is 18.8 Å². The van der Waals surface area contributed by atoms with E-state index in [1.54, 1.807) is 12.1 Å². The van der Waals surface area contributed by atoms with Gasteiger partial charge in [0.25, 0.3) is 5.91 Å². The van der Waals surface area contributed by atoms with Gasteiger partial charge in [-0.05, 0) is 79.5 Å². The molecule has 0 spiro atoms. The fraction of sp³-hybridized carbons (Fsp3) is 0.258. The molecule has 1 fully saturated rings. The summed E-state index contributed by atoms with van der Waals surface area (Å²) in [6, 6.07) is 19.4. The van der Waals surface area contributed by atoms with Crippen LogP contribution in [0.5, 0.6) is 11.5 Å². The number of amides is 1. The molecule has 0 aromatic heterocycles. The second-order valence-electron chi connectivity index (χ2n) is 9.16. The lowest BCUT2D eigenvalue weighted by molar-refractivity contribution is -0.140.